The lowest BCUT2D eigenvalue weighted by molar-refractivity contribution is -0.274. The fourth-order valence-electron chi connectivity index (χ4n) is 1.37. The number of hydrogen-bond acceptors (Lipinski definition) is 4. The first kappa shape index (κ1) is 16.6. The maximum Gasteiger partial charge on any atom is 0.573 e. The van der Waals surface area contributed by atoms with Crippen molar-refractivity contribution in [3.63, 3.8) is 0 Å². The van der Waals surface area contributed by atoms with Crippen molar-refractivity contribution in [2.45, 2.75) is 13.3 Å². The quantitative estimate of drug-likeness (QED) is 0.755. The highest BCUT2D eigenvalue weighted by Crippen LogP contribution is 2.25. The fourth-order valence-corrected chi connectivity index (χ4v) is 2.37. The number of alkyl halides is 3. The zero-order valence-electron chi connectivity index (χ0n) is 10.7. The first-order chi connectivity index (χ1) is 9.22. The largest absolute Gasteiger partial charge is 0.573 e. The van der Waals surface area contributed by atoms with E-state index in [9.17, 15) is 21.6 Å². The second-order valence-corrected chi connectivity index (χ2v) is 5.69. The molecule has 0 amide bonds. The molecule has 0 bridgehead atoms. The Labute approximate surface area is 115 Å². The van der Waals surface area contributed by atoms with Gasteiger partial charge in [0.15, 0.2) is 0 Å². The highest BCUT2D eigenvalue weighted by atomic mass is 32.2. The zero-order chi connectivity index (χ0) is 15.2. The Bertz CT molecular complexity index is 532. The smallest absolute Gasteiger partial charge is 0.406 e. The normalized spacial score (nSPS) is 12.2. The van der Waals surface area contributed by atoms with E-state index in [0.717, 1.165) is 12.1 Å². The molecule has 20 heavy (non-hydrogen) atoms. The van der Waals surface area contributed by atoms with E-state index in [1.807, 2.05) is 6.92 Å². The van der Waals surface area contributed by atoms with E-state index < -0.39 is 22.1 Å². The summed E-state index contributed by atoms with van der Waals surface area (Å²) in [6, 6.07) is 4.67. The second kappa shape index (κ2) is 6.80. The van der Waals surface area contributed by atoms with Crippen LogP contribution in [-0.2, 0) is 10.0 Å². The van der Waals surface area contributed by atoms with Crippen LogP contribution in [0.5, 0.6) is 5.75 Å². The summed E-state index contributed by atoms with van der Waals surface area (Å²) in [5, 5.41) is 2.84. The number of hydrogen-bond donors (Lipinski definition) is 2. The van der Waals surface area contributed by atoms with E-state index in [0.29, 0.717) is 6.54 Å². The van der Waals surface area contributed by atoms with Crippen LogP contribution < -0.4 is 14.8 Å². The number of benzene rings is 1. The van der Waals surface area contributed by atoms with Gasteiger partial charge in [0.1, 0.15) is 5.75 Å². The lowest BCUT2D eigenvalue weighted by Crippen LogP contribution is -2.26. The highest BCUT2D eigenvalue weighted by Gasteiger charge is 2.31. The van der Waals surface area contributed by atoms with Gasteiger partial charge in [-0.05, 0) is 18.7 Å². The van der Waals surface area contributed by atoms with E-state index in [2.05, 4.69) is 14.8 Å². The minimum atomic E-state index is -4.82. The van der Waals surface area contributed by atoms with Crippen LogP contribution in [0.3, 0.4) is 0 Å². The summed E-state index contributed by atoms with van der Waals surface area (Å²) in [5.41, 5.74) is 0.0169. The molecule has 5 nitrogen and oxygen atoms in total. The van der Waals surface area contributed by atoms with Gasteiger partial charge >= 0.3 is 6.36 Å². The molecule has 0 aliphatic carbocycles. The number of anilines is 1. The molecule has 0 heterocycles. The third-order valence-electron chi connectivity index (χ3n) is 2.14. The van der Waals surface area contributed by atoms with Crippen LogP contribution in [0.2, 0.25) is 0 Å². The van der Waals surface area contributed by atoms with Crippen LogP contribution in [0.1, 0.15) is 6.92 Å². The third kappa shape index (κ3) is 6.62. The first-order valence-corrected chi connectivity index (χ1v) is 7.44. The maximum atomic E-state index is 12.0. The van der Waals surface area contributed by atoms with Crippen LogP contribution >= 0.6 is 0 Å². The Kier molecular flexibility index (Phi) is 5.63. The molecule has 0 atom stereocenters. The summed E-state index contributed by atoms with van der Waals surface area (Å²) in [7, 11) is -3.62. The molecule has 0 spiro atoms. The van der Waals surface area contributed by atoms with Gasteiger partial charge in [0.2, 0.25) is 10.0 Å². The Morgan fingerprint density at radius 3 is 2.60 bits per heavy atom. The lowest BCUT2D eigenvalue weighted by Gasteiger charge is -2.11. The average Bonchev–Trinajstić information content (AvgIpc) is 2.26. The Balaban J connectivity index is 2.70. The van der Waals surface area contributed by atoms with Gasteiger partial charge in [0.05, 0.1) is 11.4 Å². The van der Waals surface area contributed by atoms with Crippen LogP contribution in [0.15, 0.2) is 24.3 Å². The molecule has 114 valence electrons. The van der Waals surface area contributed by atoms with E-state index in [4.69, 9.17) is 0 Å². The van der Waals surface area contributed by atoms with Crippen LogP contribution in [0.4, 0.5) is 18.9 Å². The molecule has 0 saturated heterocycles. The molecule has 1 rings (SSSR count). The van der Waals surface area contributed by atoms with Crippen molar-refractivity contribution in [2.24, 2.45) is 0 Å². The van der Waals surface area contributed by atoms with Crippen molar-refractivity contribution in [3.05, 3.63) is 24.3 Å². The van der Waals surface area contributed by atoms with Crippen molar-refractivity contribution in [1.29, 1.82) is 0 Å². The molecule has 1 aromatic rings. The standard InChI is InChI=1S/C11H15F3N2O3S/c1-2-15-6-7-20(17,18)16-9-4-3-5-10(8-9)19-11(12,13)14/h3-5,8,15-16H,2,6-7H2,1H3. The van der Waals surface area contributed by atoms with Gasteiger partial charge in [-0.1, -0.05) is 13.0 Å². The minimum Gasteiger partial charge on any atom is -0.406 e. The van der Waals surface area contributed by atoms with Crippen molar-refractivity contribution in [1.82, 2.24) is 5.32 Å². The maximum absolute atomic E-state index is 12.0. The average molecular weight is 312 g/mol. The third-order valence-corrected chi connectivity index (χ3v) is 3.43. The number of halogens is 3. The molecule has 0 aliphatic heterocycles. The summed E-state index contributed by atoms with van der Waals surface area (Å²) >= 11 is 0. The molecule has 9 heteroatoms. The minimum absolute atomic E-state index is 0.0169. The summed E-state index contributed by atoms with van der Waals surface area (Å²) in [4.78, 5) is 0. The molecule has 0 aliphatic rings. The molecule has 0 radical (unpaired) electrons. The van der Waals surface area contributed by atoms with Gasteiger partial charge in [-0.3, -0.25) is 4.72 Å². The zero-order valence-corrected chi connectivity index (χ0v) is 11.5. The molecule has 1 aromatic carbocycles. The predicted octanol–water partition coefficient (Wildman–Crippen LogP) is 1.94. The molecule has 0 unspecified atom stereocenters. The summed E-state index contributed by atoms with van der Waals surface area (Å²) in [5.74, 6) is -0.657. The number of rotatable bonds is 7. The van der Waals surface area contributed by atoms with E-state index in [-0.39, 0.29) is 18.0 Å². The van der Waals surface area contributed by atoms with Crippen LogP contribution in [0, 0.1) is 0 Å². The summed E-state index contributed by atoms with van der Waals surface area (Å²) in [6.45, 7) is 2.72. The van der Waals surface area contributed by atoms with Crippen LogP contribution in [0.25, 0.3) is 0 Å². The molecule has 0 saturated carbocycles. The Morgan fingerprint density at radius 2 is 2.00 bits per heavy atom. The predicted molar refractivity (Wildman–Crippen MR) is 69.1 cm³/mol. The van der Waals surface area contributed by atoms with Gasteiger partial charge < -0.3 is 10.1 Å². The monoisotopic (exact) mass is 312 g/mol. The van der Waals surface area contributed by atoms with Gasteiger partial charge in [-0.25, -0.2) is 8.42 Å². The van der Waals surface area contributed by atoms with Crippen molar-refractivity contribution in [3.8, 4) is 5.75 Å². The first-order valence-electron chi connectivity index (χ1n) is 5.79. The molecular formula is C11H15F3N2O3S. The number of ether oxygens (including phenoxy) is 1. The van der Waals surface area contributed by atoms with Gasteiger partial charge in [-0.15, -0.1) is 13.2 Å². The van der Waals surface area contributed by atoms with Gasteiger partial charge in [0, 0.05) is 12.6 Å². The van der Waals surface area contributed by atoms with Crippen molar-refractivity contribution >= 4 is 15.7 Å². The van der Waals surface area contributed by atoms with Crippen LogP contribution in [-0.4, -0.2) is 33.6 Å². The number of sulfonamides is 1. The fraction of sp³-hybridized carbons (Fsp3) is 0.455. The van der Waals surface area contributed by atoms with E-state index in [1.165, 1.54) is 12.1 Å². The topological polar surface area (TPSA) is 67.4 Å². The molecule has 0 fully saturated rings. The molecule has 2 N–H and O–H groups in total. The molecular weight excluding hydrogens is 297 g/mol. The van der Waals surface area contributed by atoms with Gasteiger partial charge in [0.25, 0.3) is 0 Å². The van der Waals surface area contributed by atoms with E-state index in [1.54, 1.807) is 0 Å². The second-order valence-electron chi connectivity index (χ2n) is 3.85. The van der Waals surface area contributed by atoms with Crippen molar-refractivity contribution < 1.29 is 26.3 Å². The number of nitrogens with one attached hydrogen (secondary N) is 2. The Morgan fingerprint density at radius 1 is 1.30 bits per heavy atom. The Hall–Kier alpha value is -1.48. The van der Waals surface area contributed by atoms with Crippen molar-refractivity contribution in [2.75, 3.05) is 23.6 Å². The lowest BCUT2D eigenvalue weighted by atomic mass is 10.3. The SMILES string of the molecule is CCNCCS(=O)(=O)Nc1cccc(OC(F)(F)F)c1. The van der Waals surface area contributed by atoms with E-state index >= 15 is 0 Å². The summed E-state index contributed by atoms with van der Waals surface area (Å²) < 4.78 is 65.4. The van der Waals surface area contributed by atoms with Gasteiger partial charge in [-0.2, -0.15) is 0 Å². The molecule has 0 aromatic heterocycles. The summed E-state index contributed by atoms with van der Waals surface area (Å²) in [6.07, 6.45) is -4.82. The highest BCUT2D eigenvalue weighted by molar-refractivity contribution is 7.92.